The summed E-state index contributed by atoms with van der Waals surface area (Å²) in [7, 11) is 3.89. The van der Waals surface area contributed by atoms with Gasteiger partial charge in [-0.05, 0) is 30.9 Å². The van der Waals surface area contributed by atoms with E-state index in [0.29, 0.717) is 6.42 Å². The summed E-state index contributed by atoms with van der Waals surface area (Å²) in [6.45, 7) is 0.796. The van der Waals surface area contributed by atoms with E-state index in [4.69, 9.17) is 0 Å². The minimum Gasteiger partial charge on any atom is -0.361 e. The van der Waals surface area contributed by atoms with Crippen molar-refractivity contribution < 1.29 is 4.79 Å². The molecule has 126 valence electrons. The van der Waals surface area contributed by atoms with Crippen LogP contribution >= 0.6 is 0 Å². The molecule has 1 atom stereocenters. The predicted octanol–water partition coefficient (Wildman–Crippen LogP) is 2.23. The first-order chi connectivity index (χ1) is 11.6. The van der Waals surface area contributed by atoms with Crippen LogP contribution in [0.5, 0.6) is 0 Å². The van der Waals surface area contributed by atoms with Gasteiger partial charge in [0.2, 0.25) is 5.91 Å². The number of likely N-dealkylation sites (tertiary alicyclic amines) is 1. The molecule has 24 heavy (non-hydrogen) atoms. The van der Waals surface area contributed by atoms with Gasteiger partial charge in [-0.2, -0.15) is 0 Å². The van der Waals surface area contributed by atoms with Gasteiger partial charge in [-0.15, -0.1) is 0 Å². The molecule has 0 bridgehead atoms. The van der Waals surface area contributed by atoms with Crippen molar-refractivity contribution in [1.82, 2.24) is 19.9 Å². The molecule has 2 aromatic rings. The van der Waals surface area contributed by atoms with Crippen molar-refractivity contribution in [3.8, 4) is 0 Å². The van der Waals surface area contributed by atoms with Crippen LogP contribution in [0.1, 0.15) is 36.6 Å². The number of carbonyl (C=O) groups excluding carboxylic acids is 1. The van der Waals surface area contributed by atoms with E-state index in [-0.39, 0.29) is 11.9 Å². The number of aryl methyl sites for hydroxylation is 1. The maximum atomic E-state index is 12.7. The second-order valence-electron chi connectivity index (χ2n) is 6.30. The fraction of sp³-hybridized carbons (Fsp3) is 0.444. The smallest absolute Gasteiger partial charge is 0.223 e. The Morgan fingerprint density at radius 2 is 2.17 bits per heavy atom. The van der Waals surface area contributed by atoms with E-state index < -0.39 is 0 Å². The van der Waals surface area contributed by atoms with Gasteiger partial charge in [0, 0.05) is 39.5 Å². The Kier molecular flexibility index (Phi) is 5.03. The van der Waals surface area contributed by atoms with Crippen molar-refractivity contribution in [1.29, 1.82) is 0 Å². The lowest BCUT2D eigenvalue weighted by atomic mass is 10.1. The molecule has 1 aliphatic heterocycles. The molecule has 1 fully saturated rings. The second-order valence-corrected chi connectivity index (χ2v) is 6.30. The van der Waals surface area contributed by atoms with E-state index in [9.17, 15) is 4.79 Å². The highest BCUT2D eigenvalue weighted by molar-refractivity contribution is 5.77. The number of amides is 1. The molecule has 1 saturated heterocycles. The highest BCUT2D eigenvalue weighted by Crippen LogP contribution is 2.31. The summed E-state index contributed by atoms with van der Waals surface area (Å²) in [5, 5.41) is 0. The van der Waals surface area contributed by atoms with E-state index in [1.165, 1.54) is 0 Å². The number of carbonyl (C=O) groups is 1. The standard InChI is InChI=1S/C18H23N5O/c1-22(2)17-13-20-12-15(21-17)16-6-4-10-23(16)18(24)8-7-14-5-3-9-19-11-14/h3,5,9,11-13,16H,4,6-8,10H2,1-2H3/t16-/m1/s1. The van der Waals surface area contributed by atoms with Crippen LogP contribution in [0, 0.1) is 0 Å². The first kappa shape index (κ1) is 16.4. The third-order valence-electron chi connectivity index (χ3n) is 4.36. The van der Waals surface area contributed by atoms with Crippen LogP contribution in [0.15, 0.2) is 36.9 Å². The third-order valence-corrected chi connectivity index (χ3v) is 4.36. The van der Waals surface area contributed by atoms with E-state index in [0.717, 1.165) is 42.9 Å². The molecule has 1 aliphatic rings. The van der Waals surface area contributed by atoms with Crippen LogP contribution in [-0.2, 0) is 11.2 Å². The third kappa shape index (κ3) is 3.69. The Balaban J connectivity index is 1.68. The van der Waals surface area contributed by atoms with Gasteiger partial charge in [0.05, 0.1) is 24.1 Å². The number of hydrogen-bond acceptors (Lipinski definition) is 5. The minimum atomic E-state index is 0.0406. The highest BCUT2D eigenvalue weighted by Gasteiger charge is 2.31. The lowest BCUT2D eigenvalue weighted by Crippen LogP contribution is -2.31. The van der Waals surface area contributed by atoms with Gasteiger partial charge in [0.25, 0.3) is 0 Å². The van der Waals surface area contributed by atoms with Crippen LogP contribution in [0.2, 0.25) is 0 Å². The molecule has 3 heterocycles. The molecule has 2 aromatic heterocycles. The van der Waals surface area contributed by atoms with Crippen molar-refractivity contribution in [3.63, 3.8) is 0 Å². The van der Waals surface area contributed by atoms with Gasteiger partial charge in [-0.1, -0.05) is 6.07 Å². The van der Waals surface area contributed by atoms with Gasteiger partial charge in [0.15, 0.2) is 0 Å². The maximum Gasteiger partial charge on any atom is 0.223 e. The Labute approximate surface area is 142 Å². The summed E-state index contributed by atoms with van der Waals surface area (Å²) in [4.78, 5) is 29.6. The van der Waals surface area contributed by atoms with Crippen molar-refractivity contribution in [2.24, 2.45) is 0 Å². The molecule has 1 amide bonds. The number of hydrogen-bond donors (Lipinski definition) is 0. The second kappa shape index (κ2) is 7.38. The number of rotatable bonds is 5. The predicted molar refractivity (Wildman–Crippen MR) is 92.6 cm³/mol. The molecular formula is C18H23N5O. The number of aromatic nitrogens is 3. The van der Waals surface area contributed by atoms with Crippen molar-refractivity contribution in [2.75, 3.05) is 25.5 Å². The summed E-state index contributed by atoms with van der Waals surface area (Å²) in [5.41, 5.74) is 1.98. The Bertz CT molecular complexity index is 689. The quantitative estimate of drug-likeness (QED) is 0.843. The van der Waals surface area contributed by atoms with Gasteiger partial charge >= 0.3 is 0 Å². The van der Waals surface area contributed by atoms with E-state index >= 15 is 0 Å². The minimum absolute atomic E-state index is 0.0406. The topological polar surface area (TPSA) is 62.2 Å². The van der Waals surface area contributed by atoms with Crippen molar-refractivity contribution in [2.45, 2.75) is 31.7 Å². The van der Waals surface area contributed by atoms with Crippen molar-refractivity contribution in [3.05, 3.63) is 48.2 Å². The number of pyridine rings is 1. The average molecular weight is 325 g/mol. The largest absolute Gasteiger partial charge is 0.361 e. The molecular weight excluding hydrogens is 302 g/mol. The van der Waals surface area contributed by atoms with Crippen LogP contribution in [0.25, 0.3) is 0 Å². The molecule has 0 spiro atoms. The lowest BCUT2D eigenvalue weighted by Gasteiger charge is -2.25. The molecule has 0 aliphatic carbocycles. The maximum absolute atomic E-state index is 12.7. The lowest BCUT2D eigenvalue weighted by molar-refractivity contribution is -0.132. The molecule has 0 saturated carbocycles. The van der Waals surface area contributed by atoms with Crippen LogP contribution in [-0.4, -0.2) is 46.4 Å². The Morgan fingerprint density at radius 3 is 2.92 bits per heavy atom. The average Bonchev–Trinajstić information content (AvgIpc) is 3.10. The monoisotopic (exact) mass is 325 g/mol. The number of nitrogens with zero attached hydrogens (tertiary/aromatic N) is 5. The molecule has 6 heteroatoms. The molecule has 0 radical (unpaired) electrons. The molecule has 3 rings (SSSR count). The zero-order valence-electron chi connectivity index (χ0n) is 14.2. The van der Waals surface area contributed by atoms with E-state index in [2.05, 4.69) is 15.0 Å². The first-order valence-electron chi connectivity index (χ1n) is 8.33. The summed E-state index contributed by atoms with van der Waals surface area (Å²) in [5.74, 6) is 1.00. The van der Waals surface area contributed by atoms with Gasteiger partial charge in [-0.25, -0.2) is 4.98 Å². The summed E-state index contributed by atoms with van der Waals surface area (Å²) in [6, 6.07) is 3.95. The fourth-order valence-corrected chi connectivity index (χ4v) is 3.06. The van der Waals surface area contributed by atoms with E-state index in [1.807, 2.05) is 42.2 Å². The van der Waals surface area contributed by atoms with Crippen LogP contribution < -0.4 is 4.90 Å². The van der Waals surface area contributed by atoms with Crippen molar-refractivity contribution >= 4 is 11.7 Å². The summed E-state index contributed by atoms with van der Waals surface area (Å²) >= 11 is 0. The Morgan fingerprint density at radius 1 is 1.29 bits per heavy atom. The highest BCUT2D eigenvalue weighted by atomic mass is 16.2. The molecule has 6 nitrogen and oxygen atoms in total. The van der Waals surface area contributed by atoms with Crippen LogP contribution in [0.3, 0.4) is 0 Å². The van der Waals surface area contributed by atoms with Gasteiger partial charge in [0.1, 0.15) is 5.82 Å². The van der Waals surface area contributed by atoms with Gasteiger partial charge < -0.3 is 9.80 Å². The molecule has 0 aromatic carbocycles. The zero-order valence-corrected chi connectivity index (χ0v) is 14.2. The Hall–Kier alpha value is -2.50. The zero-order chi connectivity index (χ0) is 16.9. The SMILES string of the molecule is CN(C)c1cncc([C@H]2CCCN2C(=O)CCc2cccnc2)n1. The van der Waals surface area contributed by atoms with E-state index in [1.54, 1.807) is 18.6 Å². The van der Waals surface area contributed by atoms with Gasteiger partial charge in [-0.3, -0.25) is 14.8 Å². The molecule has 0 N–H and O–H groups in total. The fourth-order valence-electron chi connectivity index (χ4n) is 3.06. The molecule has 0 unspecified atom stereocenters. The summed E-state index contributed by atoms with van der Waals surface area (Å²) < 4.78 is 0. The van der Waals surface area contributed by atoms with Crippen LogP contribution in [0.4, 0.5) is 5.82 Å². The summed E-state index contributed by atoms with van der Waals surface area (Å²) in [6.07, 6.45) is 10.3. The number of anilines is 1. The normalized spacial score (nSPS) is 17.1. The first-order valence-corrected chi connectivity index (χ1v) is 8.33.